The van der Waals surface area contributed by atoms with E-state index < -0.39 is 38.1 Å². The number of aryl methyl sites for hydroxylation is 2. The summed E-state index contributed by atoms with van der Waals surface area (Å²) in [5, 5.41) is 0. The molecule has 0 bridgehead atoms. The number of hydrogen-bond donors (Lipinski definition) is 0. The van der Waals surface area contributed by atoms with Gasteiger partial charge in [-0.15, -0.1) is 0 Å². The van der Waals surface area contributed by atoms with Gasteiger partial charge in [0.25, 0.3) is 10.8 Å². The molecule has 2 heterocycles. The molecule has 2 amide bonds. The van der Waals surface area contributed by atoms with Crippen molar-refractivity contribution in [2.45, 2.75) is 25.3 Å². The molecule has 6 nitrogen and oxygen atoms in total. The van der Waals surface area contributed by atoms with E-state index in [4.69, 9.17) is 0 Å². The summed E-state index contributed by atoms with van der Waals surface area (Å²) in [5.41, 5.74) is 2.81. The fourth-order valence-corrected chi connectivity index (χ4v) is 6.96. The Morgan fingerprint density at radius 1 is 0.939 bits per heavy atom. The van der Waals surface area contributed by atoms with Gasteiger partial charge in [-0.1, -0.05) is 42.5 Å². The Morgan fingerprint density at radius 2 is 1.58 bits per heavy atom. The lowest BCUT2D eigenvalue weighted by Crippen LogP contribution is -2.54. The number of rotatable bonds is 3. The molecular weight excluding hydrogens is 443 g/mol. The summed E-state index contributed by atoms with van der Waals surface area (Å²) in [6.45, 7) is 3.52. The number of para-hydroxylation sites is 1. The van der Waals surface area contributed by atoms with E-state index in [1.165, 1.54) is 11.0 Å². The fourth-order valence-electron chi connectivity index (χ4n) is 4.93. The van der Waals surface area contributed by atoms with Crippen molar-refractivity contribution in [1.29, 1.82) is 0 Å². The van der Waals surface area contributed by atoms with Crippen LogP contribution in [-0.4, -0.2) is 26.0 Å². The number of amides is 2. The summed E-state index contributed by atoms with van der Waals surface area (Å²) in [6, 6.07) is 17.8. The van der Waals surface area contributed by atoms with Gasteiger partial charge in [-0.2, -0.15) is 0 Å². The van der Waals surface area contributed by atoms with Gasteiger partial charge in [0.2, 0.25) is 5.91 Å². The van der Waals surface area contributed by atoms with Crippen molar-refractivity contribution in [3.05, 3.63) is 94.8 Å². The topological polar surface area (TPSA) is 74.8 Å². The maximum absolute atomic E-state index is 14.4. The number of sulfone groups is 1. The smallest absolute Gasteiger partial charge is 0.274 e. The zero-order valence-corrected chi connectivity index (χ0v) is 18.9. The van der Waals surface area contributed by atoms with Crippen LogP contribution in [0.1, 0.15) is 22.3 Å². The Bertz CT molecular complexity index is 1420. The molecule has 0 aromatic heterocycles. The van der Waals surface area contributed by atoms with E-state index >= 15 is 0 Å². The van der Waals surface area contributed by atoms with Crippen LogP contribution in [0.4, 0.5) is 15.8 Å². The fraction of sp³-hybridized carbons (Fsp3) is 0.200. The second-order valence-electron chi connectivity index (χ2n) is 8.48. The molecule has 0 aliphatic carbocycles. The van der Waals surface area contributed by atoms with Crippen LogP contribution >= 0.6 is 0 Å². The average Bonchev–Trinajstić information content (AvgIpc) is 3.12. The predicted octanol–water partition coefficient (Wildman–Crippen LogP) is 3.60. The molecule has 5 rings (SSSR count). The highest BCUT2D eigenvalue weighted by Crippen LogP contribution is 2.53. The minimum atomic E-state index is -4.27. The number of carbonyl (C=O) groups is 2. The molecule has 8 heteroatoms. The number of carbonyl (C=O) groups excluding carboxylic acids is 2. The number of anilines is 2. The van der Waals surface area contributed by atoms with Gasteiger partial charge in [0.1, 0.15) is 11.6 Å². The van der Waals surface area contributed by atoms with Gasteiger partial charge < -0.3 is 4.90 Å². The summed E-state index contributed by atoms with van der Waals surface area (Å²) in [7, 11) is -4.27. The molecule has 33 heavy (non-hydrogen) atoms. The lowest BCUT2D eigenvalue weighted by atomic mass is 10.0. The molecular formula is C25H21FN2O4S. The van der Waals surface area contributed by atoms with E-state index in [1.54, 1.807) is 54.6 Å². The second kappa shape index (κ2) is 7.25. The Morgan fingerprint density at radius 3 is 2.27 bits per heavy atom. The largest absolute Gasteiger partial charge is 0.304 e. The minimum absolute atomic E-state index is 0.158. The SMILES string of the molecule is Cc1cc(C)cc(N2C(=O)CS(=O)(=O)C23C(=O)N(Cc2ccccc2F)c2ccccc23)c1. The standard InChI is InChI=1S/C25H21FN2O4S/c1-16-11-17(2)13-19(12-16)28-23(29)15-33(31,32)25(28)20-8-4-6-10-22(20)27(24(25)30)14-18-7-3-5-9-21(18)26/h3-13H,14-15H2,1-2H3. The summed E-state index contributed by atoms with van der Waals surface area (Å²) in [4.78, 5) is 27.4. The molecule has 2 aliphatic heterocycles. The zero-order chi connectivity index (χ0) is 23.5. The maximum Gasteiger partial charge on any atom is 0.274 e. The first kappa shape index (κ1) is 21.3. The third-order valence-electron chi connectivity index (χ3n) is 6.17. The monoisotopic (exact) mass is 464 g/mol. The van der Waals surface area contributed by atoms with Crippen LogP contribution in [0.5, 0.6) is 0 Å². The van der Waals surface area contributed by atoms with E-state index in [-0.39, 0.29) is 17.7 Å². The quantitative estimate of drug-likeness (QED) is 0.594. The molecule has 3 aromatic rings. The van der Waals surface area contributed by atoms with E-state index in [0.29, 0.717) is 11.4 Å². The molecule has 1 atom stereocenters. The highest BCUT2D eigenvalue weighted by atomic mass is 32.2. The van der Waals surface area contributed by atoms with Gasteiger partial charge in [0, 0.05) is 16.8 Å². The van der Waals surface area contributed by atoms with Crippen molar-refractivity contribution >= 4 is 33.0 Å². The van der Waals surface area contributed by atoms with E-state index in [0.717, 1.165) is 16.0 Å². The summed E-state index contributed by atoms with van der Waals surface area (Å²) in [6.07, 6.45) is 0. The third kappa shape index (κ3) is 2.94. The maximum atomic E-state index is 14.4. The number of fused-ring (bicyclic) bond motifs is 2. The molecule has 1 unspecified atom stereocenters. The Kier molecular flexibility index (Phi) is 4.68. The van der Waals surface area contributed by atoms with Crippen molar-refractivity contribution < 1.29 is 22.4 Å². The Balaban J connectivity index is 1.76. The Labute approximate surface area is 191 Å². The van der Waals surface area contributed by atoms with Crippen LogP contribution in [0, 0.1) is 19.7 Å². The Hall–Kier alpha value is -3.52. The van der Waals surface area contributed by atoms with Crippen molar-refractivity contribution in [1.82, 2.24) is 0 Å². The first-order valence-corrected chi connectivity index (χ1v) is 12.1. The van der Waals surface area contributed by atoms with Gasteiger partial charge in [0.05, 0.1) is 12.2 Å². The lowest BCUT2D eigenvalue weighted by Gasteiger charge is -2.33. The highest BCUT2D eigenvalue weighted by Gasteiger charge is 2.69. The first-order valence-electron chi connectivity index (χ1n) is 10.5. The summed E-state index contributed by atoms with van der Waals surface area (Å²) >= 11 is 0. The van der Waals surface area contributed by atoms with Gasteiger partial charge in [0.15, 0.2) is 9.84 Å². The van der Waals surface area contributed by atoms with E-state index in [1.807, 2.05) is 19.9 Å². The number of nitrogens with zero attached hydrogens (tertiary/aromatic N) is 2. The molecule has 0 N–H and O–H groups in total. The summed E-state index contributed by atoms with van der Waals surface area (Å²) < 4.78 is 41.6. The van der Waals surface area contributed by atoms with Crippen molar-refractivity contribution in [3.63, 3.8) is 0 Å². The summed E-state index contributed by atoms with van der Waals surface area (Å²) in [5.74, 6) is -2.73. The second-order valence-corrected chi connectivity index (χ2v) is 10.6. The third-order valence-corrected chi connectivity index (χ3v) is 8.28. The van der Waals surface area contributed by atoms with Crippen LogP contribution in [0.25, 0.3) is 0 Å². The molecule has 1 saturated heterocycles. The molecule has 0 radical (unpaired) electrons. The van der Waals surface area contributed by atoms with Crippen LogP contribution in [0.15, 0.2) is 66.7 Å². The first-order chi connectivity index (χ1) is 15.7. The van der Waals surface area contributed by atoms with Crippen molar-refractivity contribution in [3.8, 4) is 0 Å². The molecule has 0 saturated carbocycles. The molecule has 1 spiro atoms. The lowest BCUT2D eigenvalue weighted by molar-refractivity contribution is -0.123. The van der Waals surface area contributed by atoms with Gasteiger partial charge in [-0.3, -0.25) is 14.5 Å². The molecule has 2 aliphatic rings. The molecule has 3 aromatic carbocycles. The molecule has 1 fully saturated rings. The predicted molar refractivity (Wildman–Crippen MR) is 123 cm³/mol. The van der Waals surface area contributed by atoms with E-state index in [9.17, 15) is 22.4 Å². The number of halogens is 1. The average molecular weight is 465 g/mol. The van der Waals surface area contributed by atoms with Crippen molar-refractivity contribution in [2.75, 3.05) is 15.6 Å². The molecule has 168 valence electrons. The van der Waals surface area contributed by atoms with Crippen molar-refractivity contribution in [2.24, 2.45) is 0 Å². The van der Waals surface area contributed by atoms with E-state index in [2.05, 4.69) is 0 Å². The van der Waals surface area contributed by atoms with Crippen LogP contribution in [-0.2, 0) is 30.8 Å². The highest BCUT2D eigenvalue weighted by molar-refractivity contribution is 7.94. The van der Waals surface area contributed by atoms with Gasteiger partial charge in [-0.05, 0) is 49.2 Å². The van der Waals surface area contributed by atoms with Gasteiger partial charge >= 0.3 is 0 Å². The number of hydrogen-bond acceptors (Lipinski definition) is 4. The number of benzene rings is 3. The normalized spacial score (nSPS) is 21.2. The zero-order valence-electron chi connectivity index (χ0n) is 18.1. The van der Waals surface area contributed by atoms with Crippen LogP contribution < -0.4 is 9.80 Å². The van der Waals surface area contributed by atoms with Gasteiger partial charge in [-0.25, -0.2) is 12.8 Å². The van der Waals surface area contributed by atoms with Crippen LogP contribution in [0.3, 0.4) is 0 Å². The van der Waals surface area contributed by atoms with Crippen LogP contribution in [0.2, 0.25) is 0 Å². The minimum Gasteiger partial charge on any atom is -0.304 e.